The van der Waals surface area contributed by atoms with Crippen molar-refractivity contribution in [2.45, 2.75) is 46.6 Å². The number of nitrogens with zero attached hydrogens (tertiary/aromatic N) is 1. The molecular weight excluding hydrogens is 200 g/mol. The minimum absolute atomic E-state index is 0.623. The van der Waals surface area contributed by atoms with Crippen molar-refractivity contribution in [3.05, 3.63) is 0 Å². The zero-order valence-electron chi connectivity index (χ0n) is 11.3. The molecule has 0 aromatic rings. The molecule has 1 fully saturated rings. The molecule has 1 saturated heterocycles. The van der Waals surface area contributed by atoms with Crippen LogP contribution in [-0.4, -0.2) is 37.4 Å². The van der Waals surface area contributed by atoms with Crippen molar-refractivity contribution in [2.75, 3.05) is 26.3 Å². The van der Waals surface area contributed by atoms with E-state index in [1.54, 1.807) is 0 Å². The summed E-state index contributed by atoms with van der Waals surface area (Å²) in [7, 11) is 0. The first-order valence-corrected chi connectivity index (χ1v) is 6.66. The van der Waals surface area contributed by atoms with Crippen LogP contribution in [0.25, 0.3) is 0 Å². The maximum absolute atomic E-state index is 5.36. The summed E-state index contributed by atoms with van der Waals surface area (Å²) in [6.45, 7) is 13.0. The third kappa shape index (κ3) is 5.83. The molecule has 96 valence electrons. The highest BCUT2D eigenvalue weighted by atomic mass is 16.5. The Balaban J connectivity index is 2.35. The molecule has 1 rings (SSSR count). The van der Waals surface area contributed by atoms with Gasteiger partial charge in [0.15, 0.2) is 0 Å². The van der Waals surface area contributed by atoms with Gasteiger partial charge in [-0.1, -0.05) is 27.7 Å². The standard InChI is InChI=1S/C13H28N2O/c1-11(2)9-13(10-12(3)4)14-15-5-7-16-8-6-15/h11-14H,5-10H2,1-4H3. The fourth-order valence-corrected chi connectivity index (χ4v) is 2.29. The van der Waals surface area contributed by atoms with Gasteiger partial charge in [-0.25, -0.2) is 5.01 Å². The summed E-state index contributed by atoms with van der Waals surface area (Å²) in [5.74, 6) is 1.52. The molecule has 0 aromatic heterocycles. The van der Waals surface area contributed by atoms with Gasteiger partial charge in [-0.3, -0.25) is 5.43 Å². The Morgan fingerprint density at radius 2 is 1.50 bits per heavy atom. The van der Waals surface area contributed by atoms with E-state index in [0.29, 0.717) is 6.04 Å². The van der Waals surface area contributed by atoms with E-state index < -0.39 is 0 Å². The highest BCUT2D eigenvalue weighted by molar-refractivity contribution is 4.71. The average Bonchev–Trinajstić information content (AvgIpc) is 2.16. The summed E-state index contributed by atoms with van der Waals surface area (Å²) in [5.41, 5.74) is 3.67. The smallest absolute Gasteiger partial charge is 0.0608 e. The van der Waals surface area contributed by atoms with E-state index in [-0.39, 0.29) is 0 Å². The maximum atomic E-state index is 5.36. The van der Waals surface area contributed by atoms with E-state index in [0.717, 1.165) is 38.1 Å². The van der Waals surface area contributed by atoms with Crippen molar-refractivity contribution < 1.29 is 4.74 Å². The molecule has 3 heteroatoms. The van der Waals surface area contributed by atoms with Crippen molar-refractivity contribution >= 4 is 0 Å². The van der Waals surface area contributed by atoms with Crippen LogP contribution in [0.1, 0.15) is 40.5 Å². The fourth-order valence-electron chi connectivity index (χ4n) is 2.29. The van der Waals surface area contributed by atoms with E-state index in [4.69, 9.17) is 4.74 Å². The molecule has 1 aliphatic heterocycles. The molecule has 0 radical (unpaired) electrons. The third-order valence-corrected chi connectivity index (χ3v) is 2.89. The minimum atomic E-state index is 0.623. The Kier molecular flexibility index (Phi) is 6.32. The number of nitrogens with one attached hydrogen (secondary N) is 1. The molecule has 1 heterocycles. The van der Waals surface area contributed by atoms with E-state index in [1.165, 1.54) is 12.8 Å². The average molecular weight is 228 g/mol. The Morgan fingerprint density at radius 3 is 1.94 bits per heavy atom. The second kappa shape index (κ2) is 7.25. The summed E-state index contributed by atoms with van der Waals surface area (Å²) in [4.78, 5) is 0. The van der Waals surface area contributed by atoms with Gasteiger partial charge < -0.3 is 4.74 Å². The van der Waals surface area contributed by atoms with Gasteiger partial charge in [0.25, 0.3) is 0 Å². The van der Waals surface area contributed by atoms with Gasteiger partial charge in [0.05, 0.1) is 13.2 Å². The minimum Gasteiger partial charge on any atom is -0.379 e. The second-order valence-corrected chi connectivity index (χ2v) is 5.68. The number of hydrazine groups is 1. The molecule has 0 unspecified atom stereocenters. The molecule has 0 amide bonds. The molecular formula is C13H28N2O. The van der Waals surface area contributed by atoms with Crippen LogP contribution in [0.2, 0.25) is 0 Å². The lowest BCUT2D eigenvalue weighted by atomic mass is 9.96. The predicted molar refractivity (Wildman–Crippen MR) is 68.2 cm³/mol. The number of ether oxygens (including phenoxy) is 1. The van der Waals surface area contributed by atoms with Crippen molar-refractivity contribution in [3.8, 4) is 0 Å². The van der Waals surface area contributed by atoms with Crippen LogP contribution < -0.4 is 5.43 Å². The molecule has 1 aliphatic rings. The van der Waals surface area contributed by atoms with Gasteiger partial charge in [-0.2, -0.15) is 0 Å². The van der Waals surface area contributed by atoms with E-state index in [2.05, 4.69) is 38.1 Å². The number of hydrogen-bond acceptors (Lipinski definition) is 3. The highest BCUT2D eigenvalue weighted by Crippen LogP contribution is 2.14. The Bertz CT molecular complexity index is 167. The Hall–Kier alpha value is -0.120. The lowest BCUT2D eigenvalue weighted by molar-refractivity contribution is 0.00000656. The molecule has 0 aromatic carbocycles. The molecule has 0 saturated carbocycles. The monoisotopic (exact) mass is 228 g/mol. The molecule has 3 nitrogen and oxygen atoms in total. The molecule has 0 aliphatic carbocycles. The largest absolute Gasteiger partial charge is 0.379 e. The van der Waals surface area contributed by atoms with Gasteiger partial charge in [-0.05, 0) is 24.7 Å². The van der Waals surface area contributed by atoms with Crippen LogP contribution in [0.4, 0.5) is 0 Å². The summed E-state index contributed by atoms with van der Waals surface area (Å²) < 4.78 is 5.36. The Morgan fingerprint density at radius 1 is 1.00 bits per heavy atom. The lowest BCUT2D eigenvalue weighted by Crippen LogP contribution is -2.50. The second-order valence-electron chi connectivity index (χ2n) is 5.68. The third-order valence-electron chi connectivity index (χ3n) is 2.89. The molecule has 0 atom stereocenters. The quantitative estimate of drug-likeness (QED) is 0.755. The molecule has 0 spiro atoms. The highest BCUT2D eigenvalue weighted by Gasteiger charge is 2.17. The van der Waals surface area contributed by atoms with E-state index in [1.807, 2.05) is 0 Å². The van der Waals surface area contributed by atoms with Gasteiger partial charge in [0.1, 0.15) is 0 Å². The summed E-state index contributed by atoms with van der Waals surface area (Å²) in [5, 5.41) is 2.33. The van der Waals surface area contributed by atoms with Crippen LogP contribution in [0.3, 0.4) is 0 Å². The lowest BCUT2D eigenvalue weighted by Gasteiger charge is -2.33. The number of rotatable bonds is 6. The topological polar surface area (TPSA) is 24.5 Å². The van der Waals surface area contributed by atoms with Crippen molar-refractivity contribution in [3.63, 3.8) is 0 Å². The van der Waals surface area contributed by atoms with E-state index in [9.17, 15) is 0 Å². The first-order valence-electron chi connectivity index (χ1n) is 6.66. The van der Waals surface area contributed by atoms with Crippen LogP contribution >= 0.6 is 0 Å². The van der Waals surface area contributed by atoms with Crippen LogP contribution in [0.15, 0.2) is 0 Å². The summed E-state index contributed by atoms with van der Waals surface area (Å²) >= 11 is 0. The van der Waals surface area contributed by atoms with Crippen molar-refractivity contribution in [1.29, 1.82) is 0 Å². The van der Waals surface area contributed by atoms with Crippen molar-refractivity contribution in [1.82, 2.24) is 10.4 Å². The van der Waals surface area contributed by atoms with Gasteiger partial charge >= 0.3 is 0 Å². The van der Waals surface area contributed by atoms with Crippen LogP contribution in [0, 0.1) is 11.8 Å². The summed E-state index contributed by atoms with van der Waals surface area (Å²) in [6, 6.07) is 0.623. The Labute approximate surface area is 101 Å². The van der Waals surface area contributed by atoms with Crippen molar-refractivity contribution in [2.24, 2.45) is 11.8 Å². The van der Waals surface area contributed by atoms with E-state index >= 15 is 0 Å². The molecule has 0 bridgehead atoms. The van der Waals surface area contributed by atoms with Gasteiger partial charge in [-0.15, -0.1) is 0 Å². The number of morpholine rings is 1. The molecule has 16 heavy (non-hydrogen) atoms. The first-order chi connectivity index (χ1) is 7.58. The SMILES string of the molecule is CC(C)CC(CC(C)C)NN1CCOCC1. The maximum Gasteiger partial charge on any atom is 0.0608 e. The van der Waals surface area contributed by atoms with Gasteiger partial charge in [0, 0.05) is 19.1 Å². The summed E-state index contributed by atoms with van der Waals surface area (Å²) in [6.07, 6.45) is 2.52. The van der Waals surface area contributed by atoms with Crippen LogP contribution in [-0.2, 0) is 4.74 Å². The van der Waals surface area contributed by atoms with Crippen LogP contribution in [0.5, 0.6) is 0 Å². The predicted octanol–water partition coefficient (Wildman–Crippen LogP) is 2.28. The zero-order valence-corrected chi connectivity index (χ0v) is 11.3. The zero-order chi connectivity index (χ0) is 12.0. The normalized spacial score (nSPS) is 18.9. The fraction of sp³-hybridized carbons (Fsp3) is 1.00. The first kappa shape index (κ1) is 13.9. The molecule has 1 N–H and O–H groups in total. The van der Waals surface area contributed by atoms with Gasteiger partial charge in [0.2, 0.25) is 0 Å². The number of hydrogen-bond donors (Lipinski definition) is 1.